The van der Waals surface area contributed by atoms with Gasteiger partial charge in [0.25, 0.3) is 0 Å². The lowest BCUT2D eigenvalue weighted by Gasteiger charge is -2.12. The Balaban J connectivity index is 2.02. The van der Waals surface area contributed by atoms with Gasteiger partial charge in [0.05, 0.1) is 22.7 Å². The first-order valence-corrected chi connectivity index (χ1v) is 6.21. The molecule has 8 heteroatoms. The van der Waals surface area contributed by atoms with Crippen molar-refractivity contribution in [3.63, 3.8) is 0 Å². The summed E-state index contributed by atoms with van der Waals surface area (Å²) < 4.78 is 10.6. The Morgan fingerprint density at radius 1 is 1.57 bits per heavy atom. The van der Waals surface area contributed by atoms with Crippen LogP contribution in [0.4, 0.5) is 5.69 Å². The monoisotopic (exact) mass is 292 g/mol. The van der Waals surface area contributed by atoms with Gasteiger partial charge in [-0.3, -0.25) is 10.1 Å². The largest absolute Gasteiger partial charge is 0.484 e. The number of hydrogen-bond donors (Lipinski definition) is 1. The minimum absolute atomic E-state index is 0.0243. The highest BCUT2D eigenvalue weighted by Gasteiger charge is 2.31. The fourth-order valence-corrected chi connectivity index (χ4v) is 2.04. The van der Waals surface area contributed by atoms with Gasteiger partial charge >= 0.3 is 11.7 Å². The molecule has 2 atom stereocenters. The van der Waals surface area contributed by atoms with Crippen molar-refractivity contribution in [2.24, 2.45) is 0 Å². The van der Waals surface area contributed by atoms with Crippen molar-refractivity contribution in [2.45, 2.75) is 25.0 Å². The normalized spacial score (nSPS) is 20.7. The first-order chi connectivity index (χ1) is 10.0. The van der Waals surface area contributed by atoms with Crippen LogP contribution < -0.4 is 4.74 Å². The average Bonchev–Trinajstić information content (AvgIpc) is 2.94. The molecule has 1 saturated heterocycles. The SMILES string of the molecule is N#Cc1ccc(OCC2CCC(C(=O)O)O2)c([N+](=O)[O-])c1. The number of benzene rings is 1. The predicted molar refractivity (Wildman–Crippen MR) is 68.8 cm³/mol. The average molecular weight is 292 g/mol. The summed E-state index contributed by atoms with van der Waals surface area (Å²) in [6.45, 7) is 0.0243. The Kier molecular flexibility index (Phi) is 4.35. The van der Waals surface area contributed by atoms with Crippen molar-refractivity contribution in [1.82, 2.24) is 0 Å². The van der Waals surface area contributed by atoms with E-state index in [-0.39, 0.29) is 23.6 Å². The second kappa shape index (κ2) is 6.19. The molecule has 2 rings (SSSR count). The number of ether oxygens (including phenoxy) is 2. The molecule has 1 N–H and O–H groups in total. The molecule has 1 aromatic rings. The lowest BCUT2D eigenvalue weighted by molar-refractivity contribution is -0.386. The van der Waals surface area contributed by atoms with E-state index >= 15 is 0 Å². The number of aliphatic carboxylic acids is 1. The number of nitro groups is 1. The quantitative estimate of drug-likeness (QED) is 0.643. The molecule has 1 aliphatic heterocycles. The lowest BCUT2D eigenvalue weighted by Crippen LogP contribution is -2.23. The lowest BCUT2D eigenvalue weighted by atomic mass is 10.2. The van der Waals surface area contributed by atoms with E-state index in [9.17, 15) is 14.9 Å². The minimum atomic E-state index is -1.03. The number of carboxylic acid groups (broad SMARTS) is 1. The standard InChI is InChI=1S/C13H12N2O6/c14-6-8-1-3-11(10(5-8)15(18)19)20-7-9-2-4-12(21-9)13(16)17/h1,3,5,9,12H,2,4,7H2,(H,16,17). The maximum atomic E-state index is 10.9. The fourth-order valence-electron chi connectivity index (χ4n) is 2.04. The third-order valence-electron chi connectivity index (χ3n) is 3.09. The zero-order valence-electron chi connectivity index (χ0n) is 10.9. The van der Waals surface area contributed by atoms with Crippen LogP contribution in [0, 0.1) is 21.4 Å². The Morgan fingerprint density at radius 2 is 2.33 bits per heavy atom. The Hall–Kier alpha value is -2.66. The fraction of sp³-hybridized carbons (Fsp3) is 0.385. The number of nitriles is 1. The third kappa shape index (κ3) is 3.46. The van der Waals surface area contributed by atoms with Gasteiger partial charge in [-0.2, -0.15) is 5.26 Å². The van der Waals surface area contributed by atoms with Gasteiger partial charge in [-0.1, -0.05) is 0 Å². The molecule has 0 radical (unpaired) electrons. The van der Waals surface area contributed by atoms with E-state index in [0.717, 1.165) is 6.07 Å². The molecule has 1 fully saturated rings. The summed E-state index contributed by atoms with van der Waals surface area (Å²) in [6, 6.07) is 5.71. The van der Waals surface area contributed by atoms with Crippen LogP contribution in [0.15, 0.2) is 18.2 Å². The summed E-state index contributed by atoms with van der Waals surface area (Å²) in [7, 11) is 0. The minimum Gasteiger partial charge on any atom is -0.484 e. The van der Waals surface area contributed by atoms with Gasteiger partial charge in [0, 0.05) is 6.07 Å². The van der Waals surface area contributed by atoms with E-state index in [1.807, 2.05) is 6.07 Å². The van der Waals surface area contributed by atoms with Crippen LogP contribution in [0.1, 0.15) is 18.4 Å². The number of carbonyl (C=O) groups is 1. The smallest absolute Gasteiger partial charge is 0.332 e. The Labute approximate surface area is 119 Å². The topological polar surface area (TPSA) is 123 Å². The van der Waals surface area contributed by atoms with E-state index in [4.69, 9.17) is 19.8 Å². The van der Waals surface area contributed by atoms with E-state index in [1.54, 1.807) is 0 Å². The van der Waals surface area contributed by atoms with Gasteiger partial charge < -0.3 is 14.6 Å². The van der Waals surface area contributed by atoms with Crippen LogP contribution in [-0.2, 0) is 9.53 Å². The molecule has 8 nitrogen and oxygen atoms in total. The van der Waals surface area contributed by atoms with Gasteiger partial charge in [-0.25, -0.2) is 4.79 Å². The molecule has 0 bridgehead atoms. The number of nitrogens with zero attached hydrogens (tertiary/aromatic N) is 2. The molecule has 0 aliphatic carbocycles. The zero-order valence-corrected chi connectivity index (χ0v) is 10.9. The van der Waals surface area contributed by atoms with Crippen LogP contribution >= 0.6 is 0 Å². The first-order valence-electron chi connectivity index (χ1n) is 6.21. The third-order valence-corrected chi connectivity index (χ3v) is 3.09. The van der Waals surface area contributed by atoms with Crippen molar-refractivity contribution in [3.8, 4) is 11.8 Å². The van der Waals surface area contributed by atoms with Gasteiger partial charge in [-0.15, -0.1) is 0 Å². The molecule has 0 amide bonds. The molecule has 2 unspecified atom stereocenters. The van der Waals surface area contributed by atoms with Gasteiger partial charge in [0.1, 0.15) is 6.61 Å². The molecule has 1 heterocycles. The predicted octanol–water partition coefficient (Wildman–Crippen LogP) is 1.48. The van der Waals surface area contributed by atoms with Crippen LogP contribution in [0.3, 0.4) is 0 Å². The molecule has 0 saturated carbocycles. The Morgan fingerprint density at radius 3 is 2.90 bits per heavy atom. The highest BCUT2D eigenvalue weighted by atomic mass is 16.6. The maximum absolute atomic E-state index is 10.9. The molecule has 0 aromatic heterocycles. The molecule has 1 aromatic carbocycles. The van der Waals surface area contributed by atoms with Crippen LogP contribution in [-0.4, -0.2) is 34.8 Å². The van der Waals surface area contributed by atoms with Crippen molar-refractivity contribution >= 4 is 11.7 Å². The zero-order chi connectivity index (χ0) is 15.4. The van der Waals surface area contributed by atoms with Gasteiger partial charge in [-0.05, 0) is 25.0 Å². The van der Waals surface area contributed by atoms with Crippen LogP contribution in [0.25, 0.3) is 0 Å². The van der Waals surface area contributed by atoms with Crippen LogP contribution in [0.2, 0.25) is 0 Å². The van der Waals surface area contributed by atoms with Crippen molar-refractivity contribution in [3.05, 3.63) is 33.9 Å². The Bertz CT molecular complexity index is 609. The highest BCUT2D eigenvalue weighted by molar-refractivity contribution is 5.72. The number of hydrogen-bond acceptors (Lipinski definition) is 6. The number of carboxylic acids is 1. The molecule has 1 aliphatic rings. The first kappa shape index (κ1) is 14.7. The van der Waals surface area contributed by atoms with Gasteiger partial charge in [0.15, 0.2) is 11.9 Å². The van der Waals surface area contributed by atoms with Crippen molar-refractivity contribution in [2.75, 3.05) is 6.61 Å². The summed E-state index contributed by atoms with van der Waals surface area (Å²) in [5, 5.41) is 28.5. The summed E-state index contributed by atoms with van der Waals surface area (Å²) in [5.41, 5.74) is -0.140. The van der Waals surface area contributed by atoms with Crippen molar-refractivity contribution in [1.29, 1.82) is 5.26 Å². The van der Waals surface area contributed by atoms with E-state index in [2.05, 4.69) is 0 Å². The van der Waals surface area contributed by atoms with E-state index in [0.29, 0.717) is 12.8 Å². The second-order valence-corrected chi connectivity index (χ2v) is 4.52. The van der Waals surface area contributed by atoms with Crippen LogP contribution in [0.5, 0.6) is 5.75 Å². The van der Waals surface area contributed by atoms with Crippen molar-refractivity contribution < 1.29 is 24.3 Å². The summed E-state index contributed by atoms with van der Waals surface area (Å²) >= 11 is 0. The summed E-state index contributed by atoms with van der Waals surface area (Å²) in [5.74, 6) is -0.997. The maximum Gasteiger partial charge on any atom is 0.332 e. The number of rotatable bonds is 5. The molecular formula is C13H12N2O6. The summed E-state index contributed by atoms with van der Waals surface area (Å²) in [4.78, 5) is 21.1. The molecular weight excluding hydrogens is 280 g/mol. The second-order valence-electron chi connectivity index (χ2n) is 4.52. The highest BCUT2D eigenvalue weighted by Crippen LogP contribution is 2.29. The molecule has 0 spiro atoms. The summed E-state index contributed by atoms with van der Waals surface area (Å²) in [6.07, 6.45) is -0.365. The molecule has 21 heavy (non-hydrogen) atoms. The number of nitro benzene ring substituents is 1. The van der Waals surface area contributed by atoms with E-state index < -0.39 is 23.1 Å². The van der Waals surface area contributed by atoms with E-state index in [1.165, 1.54) is 12.1 Å². The van der Waals surface area contributed by atoms with Gasteiger partial charge in [0.2, 0.25) is 0 Å². The molecule has 110 valence electrons.